The summed E-state index contributed by atoms with van der Waals surface area (Å²) in [5.74, 6) is -0.549. The largest absolute Gasteiger partial charge is 0.507 e. The molecule has 0 aromatic heterocycles. The van der Waals surface area contributed by atoms with Crippen LogP contribution < -0.4 is 0 Å². The highest BCUT2D eigenvalue weighted by molar-refractivity contribution is 6.38. The number of phenols is 1. The molecule has 0 atom stereocenters. The van der Waals surface area contributed by atoms with Crippen molar-refractivity contribution in [3.8, 4) is 5.75 Å². The summed E-state index contributed by atoms with van der Waals surface area (Å²) >= 11 is 17.5. The van der Waals surface area contributed by atoms with Gasteiger partial charge in [0.2, 0.25) is 0 Å². The summed E-state index contributed by atoms with van der Waals surface area (Å²) in [6.07, 6.45) is 0. The fraction of sp³-hybridized carbons (Fsp3) is 0. The molecule has 0 aliphatic carbocycles. The average Bonchev–Trinajstić information content (AvgIpc) is 2.31. The Morgan fingerprint density at radius 1 is 0.889 bits per heavy atom. The zero-order chi connectivity index (χ0) is 13.3. The van der Waals surface area contributed by atoms with Crippen LogP contribution in [0, 0.1) is 0 Å². The van der Waals surface area contributed by atoms with Gasteiger partial charge in [-0.1, -0.05) is 34.8 Å². The number of hydrogen-bond acceptors (Lipinski definition) is 2. The van der Waals surface area contributed by atoms with Gasteiger partial charge in [-0.15, -0.1) is 0 Å². The van der Waals surface area contributed by atoms with Gasteiger partial charge in [-0.3, -0.25) is 4.79 Å². The lowest BCUT2D eigenvalue weighted by Gasteiger charge is -2.06. The fourth-order valence-corrected chi connectivity index (χ4v) is 2.18. The van der Waals surface area contributed by atoms with Crippen molar-refractivity contribution in [3.63, 3.8) is 0 Å². The molecule has 1 N–H and O–H groups in total. The molecule has 0 saturated carbocycles. The van der Waals surface area contributed by atoms with Crippen LogP contribution in [-0.4, -0.2) is 10.9 Å². The van der Waals surface area contributed by atoms with Crippen LogP contribution in [0.3, 0.4) is 0 Å². The molecule has 0 bridgehead atoms. The summed E-state index contributed by atoms with van der Waals surface area (Å²) in [5.41, 5.74) is 0.366. The highest BCUT2D eigenvalue weighted by atomic mass is 35.5. The molecule has 0 radical (unpaired) electrons. The lowest BCUT2D eigenvalue weighted by Crippen LogP contribution is -2.02. The number of rotatable bonds is 2. The van der Waals surface area contributed by atoms with Crippen molar-refractivity contribution in [2.24, 2.45) is 0 Å². The highest BCUT2D eigenvalue weighted by Gasteiger charge is 2.17. The third kappa shape index (κ3) is 2.61. The molecule has 18 heavy (non-hydrogen) atoms. The standard InChI is InChI=1S/C13H7Cl3O2/c14-7-2-4-12(17)10(5-7)13(18)9-3-1-8(15)6-11(9)16/h1-6,17H. The number of benzene rings is 2. The van der Waals surface area contributed by atoms with Crippen LogP contribution in [-0.2, 0) is 0 Å². The zero-order valence-corrected chi connectivity index (χ0v) is 11.2. The molecule has 92 valence electrons. The van der Waals surface area contributed by atoms with Crippen LogP contribution in [0.15, 0.2) is 36.4 Å². The minimum Gasteiger partial charge on any atom is -0.507 e. The second-order valence-corrected chi connectivity index (χ2v) is 4.89. The molecule has 0 spiro atoms. The van der Waals surface area contributed by atoms with Crippen molar-refractivity contribution in [1.29, 1.82) is 0 Å². The maximum atomic E-state index is 12.2. The molecular formula is C13H7Cl3O2. The van der Waals surface area contributed by atoms with E-state index < -0.39 is 5.78 Å². The minimum absolute atomic E-state index is 0.103. The monoisotopic (exact) mass is 300 g/mol. The number of aromatic hydroxyl groups is 1. The Balaban J connectivity index is 2.51. The van der Waals surface area contributed by atoms with Gasteiger partial charge in [-0.05, 0) is 36.4 Å². The number of carbonyl (C=O) groups excluding carboxylic acids is 1. The van der Waals surface area contributed by atoms with E-state index in [2.05, 4.69) is 0 Å². The van der Waals surface area contributed by atoms with E-state index in [1.54, 1.807) is 6.07 Å². The highest BCUT2D eigenvalue weighted by Crippen LogP contribution is 2.28. The molecule has 0 heterocycles. The fourth-order valence-electron chi connectivity index (χ4n) is 1.51. The van der Waals surface area contributed by atoms with Gasteiger partial charge < -0.3 is 5.11 Å². The maximum absolute atomic E-state index is 12.2. The number of ketones is 1. The summed E-state index contributed by atoms with van der Waals surface area (Å²) in [5, 5.41) is 10.7. The summed E-state index contributed by atoms with van der Waals surface area (Å²) in [6, 6.07) is 8.79. The van der Waals surface area contributed by atoms with Gasteiger partial charge in [-0.25, -0.2) is 0 Å². The maximum Gasteiger partial charge on any atom is 0.198 e. The Labute approximate surface area is 119 Å². The van der Waals surface area contributed by atoms with Crippen molar-refractivity contribution in [2.45, 2.75) is 0 Å². The minimum atomic E-state index is -0.406. The van der Waals surface area contributed by atoms with Crippen LogP contribution in [0.4, 0.5) is 0 Å². The van der Waals surface area contributed by atoms with Crippen LogP contribution >= 0.6 is 34.8 Å². The SMILES string of the molecule is O=C(c1cc(Cl)ccc1O)c1ccc(Cl)cc1Cl. The molecule has 0 saturated heterocycles. The normalized spacial score (nSPS) is 10.4. The summed E-state index contributed by atoms with van der Waals surface area (Å²) in [4.78, 5) is 12.2. The van der Waals surface area contributed by atoms with Crippen LogP contribution in [0.25, 0.3) is 0 Å². The number of halogens is 3. The van der Waals surface area contributed by atoms with E-state index in [-0.39, 0.29) is 21.9 Å². The molecule has 0 aliphatic rings. The predicted molar refractivity (Wildman–Crippen MR) is 73.0 cm³/mol. The first-order valence-corrected chi connectivity index (χ1v) is 6.10. The summed E-state index contributed by atoms with van der Waals surface area (Å²) in [6.45, 7) is 0. The first-order chi connectivity index (χ1) is 8.49. The molecule has 2 nitrogen and oxygen atoms in total. The van der Waals surface area contributed by atoms with E-state index in [9.17, 15) is 9.90 Å². The lowest BCUT2D eigenvalue weighted by atomic mass is 10.0. The van der Waals surface area contributed by atoms with Gasteiger partial charge in [0.1, 0.15) is 5.75 Å². The van der Waals surface area contributed by atoms with E-state index in [0.717, 1.165) is 0 Å². The molecule has 0 unspecified atom stereocenters. The molecule has 2 aromatic rings. The van der Waals surface area contributed by atoms with Crippen molar-refractivity contribution < 1.29 is 9.90 Å². The second-order valence-electron chi connectivity index (χ2n) is 3.61. The van der Waals surface area contributed by atoms with Crippen molar-refractivity contribution in [1.82, 2.24) is 0 Å². The van der Waals surface area contributed by atoms with Gasteiger partial charge in [-0.2, -0.15) is 0 Å². The van der Waals surface area contributed by atoms with Crippen molar-refractivity contribution in [2.75, 3.05) is 0 Å². The van der Waals surface area contributed by atoms with Gasteiger partial charge in [0.05, 0.1) is 10.6 Å². The van der Waals surface area contributed by atoms with E-state index in [4.69, 9.17) is 34.8 Å². The predicted octanol–water partition coefficient (Wildman–Crippen LogP) is 4.58. The van der Waals surface area contributed by atoms with E-state index >= 15 is 0 Å². The van der Waals surface area contributed by atoms with E-state index in [1.807, 2.05) is 0 Å². The molecular weight excluding hydrogens is 294 g/mol. The Bertz CT molecular complexity index is 624. The van der Waals surface area contributed by atoms with Gasteiger partial charge in [0, 0.05) is 15.6 Å². The molecule has 0 aliphatic heterocycles. The number of phenolic OH excluding ortho intramolecular Hbond substituents is 1. The number of hydrogen-bond donors (Lipinski definition) is 1. The van der Waals surface area contributed by atoms with Gasteiger partial charge >= 0.3 is 0 Å². The average molecular weight is 302 g/mol. The molecule has 2 rings (SSSR count). The topological polar surface area (TPSA) is 37.3 Å². The Hall–Kier alpha value is -1.22. The van der Waals surface area contributed by atoms with Crippen LogP contribution in [0.5, 0.6) is 5.75 Å². The second kappa shape index (κ2) is 5.19. The van der Waals surface area contributed by atoms with Crippen molar-refractivity contribution in [3.05, 3.63) is 62.6 Å². The molecule has 5 heteroatoms. The quantitative estimate of drug-likeness (QED) is 0.824. The summed E-state index contributed by atoms with van der Waals surface area (Å²) in [7, 11) is 0. The Morgan fingerprint density at radius 2 is 1.50 bits per heavy atom. The lowest BCUT2D eigenvalue weighted by molar-refractivity contribution is 0.103. The van der Waals surface area contributed by atoms with Crippen LogP contribution in [0.1, 0.15) is 15.9 Å². The van der Waals surface area contributed by atoms with Gasteiger partial charge in [0.25, 0.3) is 0 Å². The zero-order valence-electron chi connectivity index (χ0n) is 8.95. The third-order valence-corrected chi connectivity index (χ3v) is 3.16. The van der Waals surface area contributed by atoms with E-state index in [1.165, 1.54) is 30.3 Å². The third-order valence-electron chi connectivity index (χ3n) is 2.38. The molecule has 2 aromatic carbocycles. The van der Waals surface area contributed by atoms with Crippen LogP contribution in [0.2, 0.25) is 15.1 Å². The Kier molecular flexibility index (Phi) is 3.81. The van der Waals surface area contributed by atoms with E-state index in [0.29, 0.717) is 10.0 Å². The molecule has 0 amide bonds. The Morgan fingerprint density at radius 3 is 2.17 bits per heavy atom. The van der Waals surface area contributed by atoms with Crippen molar-refractivity contribution >= 4 is 40.6 Å². The smallest absolute Gasteiger partial charge is 0.198 e. The first kappa shape index (κ1) is 13.2. The first-order valence-electron chi connectivity index (χ1n) is 4.97. The van der Waals surface area contributed by atoms with Gasteiger partial charge in [0.15, 0.2) is 5.78 Å². The number of carbonyl (C=O) groups is 1. The summed E-state index contributed by atoms with van der Waals surface area (Å²) < 4.78 is 0. The molecule has 0 fully saturated rings.